The molecule has 1 amide bonds. The third kappa shape index (κ3) is 4.52. The van der Waals surface area contributed by atoms with Gasteiger partial charge in [0.05, 0.1) is 4.92 Å². The summed E-state index contributed by atoms with van der Waals surface area (Å²) in [6, 6.07) is 9.67. The van der Waals surface area contributed by atoms with E-state index in [-0.39, 0.29) is 33.9 Å². The minimum absolute atomic E-state index is 0.0787. The van der Waals surface area contributed by atoms with Crippen LogP contribution in [0.3, 0.4) is 0 Å². The van der Waals surface area contributed by atoms with Gasteiger partial charge in [-0.3, -0.25) is 14.9 Å². The highest BCUT2D eigenvalue weighted by Crippen LogP contribution is 2.36. The molecule has 128 valence electrons. The van der Waals surface area contributed by atoms with Gasteiger partial charge in [0.2, 0.25) is 0 Å². The molecule has 0 fully saturated rings. The molecule has 2 rings (SSSR count). The van der Waals surface area contributed by atoms with Crippen LogP contribution in [-0.4, -0.2) is 38.6 Å². The Morgan fingerprint density at radius 3 is 2.50 bits per heavy atom. The van der Waals surface area contributed by atoms with Gasteiger partial charge in [-0.15, -0.1) is 0 Å². The van der Waals surface area contributed by atoms with Crippen molar-refractivity contribution in [3.05, 3.63) is 52.1 Å². The molecule has 1 heterocycles. The Morgan fingerprint density at radius 1 is 1.25 bits per heavy atom. The first kappa shape index (κ1) is 17.9. The third-order valence-electron chi connectivity index (χ3n) is 2.98. The number of sulfone groups is 1. The van der Waals surface area contributed by atoms with Crippen LogP contribution >= 0.6 is 11.3 Å². The lowest BCUT2D eigenvalue weighted by Gasteiger charge is -2.06. The lowest BCUT2D eigenvalue weighted by molar-refractivity contribution is -0.383. The van der Waals surface area contributed by atoms with Crippen molar-refractivity contribution in [2.75, 3.05) is 24.7 Å². The summed E-state index contributed by atoms with van der Waals surface area (Å²) in [5, 5.41) is 16.6. The van der Waals surface area contributed by atoms with Crippen LogP contribution in [0.2, 0.25) is 0 Å². The Hall–Kier alpha value is -2.46. The summed E-state index contributed by atoms with van der Waals surface area (Å²) >= 11 is 0.797. The van der Waals surface area contributed by atoms with Crippen molar-refractivity contribution in [3.8, 4) is 0 Å². The zero-order chi connectivity index (χ0) is 17.7. The first-order valence-corrected chi connectivity index (χ1v) is 9.55. The van der Waals surface area contributed by atoms with Gasteiger partial charge in [0.25, 0.3) is 5.91 Å². The Balaban J connectivity index is 1.96. The van der Waals surface area contributed by atoms with Crippen LogP contribution in [0.1, 0.15) is 10.4 Å². The summed E-state index contributed by atoms with van der Waals surface area (Å²) in [6.45, 7) is 0.458. The van der Waals surface area contributed by atoms with Gasteiger partial charge in [-0.25, -0.2) is 8.42 Å². The van der Waals surface area contributed by atoms with Gasteiger partial charge in [-0.05, 0) is 12.1 Å². The largest absolute Gasteiger partial charge is 0.369 e. The first-order chi connectivity index (χ1) is 11.3. The first-order valence-electron chi connectivity index (χ1n) is 6.84. The van der Waals surface area contributed by atoms with Crippen molar-refractivity contribution in [2.24, 2.45) is 0 Å². The summed E-state index contributed by atoms with van der Waals surface area (Å²) in [6.07, 6.45) is 0.992. The van der Waals surface area contributed by atoms with Crippen molar-refractivity contribution >= 4 is 37.8 Å². The fourth-order valence-electron chi connectivity index (χ4n) is 1.85. The van der Waals surface area contributed by atoms with Crippen LogP contribution in [0.25, 0.3) is 0 Å². The molecule has 0 radical (unpaired) electrons. The van der Waals surface area contributed by atoms with Gasteiger partial charge in [-0.1, -0.05) is 29.5 Å². The topological polar surface area (TPSA) is 118 Å². The zero-order valence-corrected chi connectivity index (χ0v) is 14.3. The maximum absolute atomic E-state index is 11.8. The maximum Gasteiger partial charge on any atom is 0.304 e. The second-order valence-electron chi connectivity index (χ2n) is 4.86. The van der Waals surface area contributed by atoms with Crippen molar-refractivity contribution in [3.63, 3.8) is 0 Å². The average Bonchev–Trinajstić information content (AvgIpc) is 2.97. The molecule has 24 heavy (non-hydrogen) atoms. The molecule has 2 aromatic rings. The predicted molar refractivity (Wildman–Crippen MR) is 91.3 cm³/mol. The Morgan fingerprint density at radius 2 is 1.92 bits per heavy atom. The molecule has 1 aromatic heterocycles. The predicted octanol–water partition coefficient (Wildman–Crippen LogP) is 1.90. The summed E-state index contributed by atoms with van der Waals surface area (Å²) in [5.41, 5.74) is 0.216. The van der Waals surface area contributed by atoms with Gasteiger partial charge in [0, 0.05) is 31.0 Å². The van der Waals surface area contributed by atoms with E-state index in [1.807, 2.05) is 0 Å². The molecular formula is C14H15N3O5S2. The maximum atomic E-state index is 11.8. The van der Waals surface area contributed by atoms with Crippen LogP contribution in [0, 0.1) is 10.1 Å². The zero-order valence-electron chi connectivity index (χ0n) is 12.7. The minimum atomic E-state index is -3.51. The summed E-state index contributed by atoms with van der Waals surface area (Å²) in [7, 11) is -3.51. The summed E-state index contributed by atoms with van der Waals surface area (Å²) in [4.78, 5) is 22.2. The number of hydrogen-bond donors (Lipinski definition) is 2. The highest BCUT2D eigenvalue weighted by Gasteiger charge is 2.23. The molecule has 1 aromatic carbocycles. The highest BCUT2D eigenvalue weighted by atomic mass is 32.2. The van der Waals surface area contributed by atoms with Gasteiger partial charge in [0.15, 0.2) is 14.8 Å². The molecule has 0 spiro atoms. The van der Waals surface area contributed by atoms with E-state index in [4.69, 9.17) is 0 Å². The van der Waals surface area contributed by atoms with E-state index in [1.54, 1.807) is 30.3 Å². The molecule has 0 atom stereocenters. The van der Waals surface area contributed by atoms with E-state index in [1.165, 1.54) is 0 Å². The quantitative estimate of drug-likeness (QED) is 0.437. The van der Waals surface area contributed by atoms with Crippen molar-refractivity contribution < 1.29 is 18.1 Å². The van der Waals surface area contributed by atoms with Gasteiger partial charge < -0.3 is 10.6 Å². The Kier molecular flexibility index (Phi) is 5.52. The Bertz CT molecular complexity index is 847. The van der Waals surface area contributed by atoms with E-state index in [0.717, 1.165) is 23.7 Å². The summed E-state index contributed by atoms with van der Waals surface area (Å²) in [5.74, 6) is -0.255. The van der Waals surface area contributed by atoms with Gasteiger partial charge in [-0.2, -0.15) is 0 Å². The second-order valence-corrected chi connectivity index (χ2v) is 8.15. The number of nitrogens with one attached hydrogen (secondary N) is 2. The monoisotopic (exact) mass is 369 g/mol. The molecule has 2 N–H and O–H groups in total. The molecule has 0 saturated carbocycles. The molecular weight excluding hydrogens is 354 g/mol. The fraction of sp³-hybridized carbons (Fsp3) is 0.214. The Labute approximate surface area is 142 Å². The van der Waals surface area contributed by atoms with E-state index in [9.17, 15) is 23.3 Å². The van der Waals surface area contributed by atoms with Crippen LogP contribution in [0.4, 0.5) is 10.7 Å². The number of nitro groups is 1. The molecule has 0 bridgehead atoms. The molecule has 8 nitrogen and oxygen atoms in total. The molecule has 10 heteroatoms. The van der Waals surface area contributed by atoms with Crippen molar-refractivity contribution in [1.82, 2.24) is 5.32 Å². The molecule has 0 aliphatic carbocycles. The van der Waals surface area contributed by atoms with Crippen LogP contribution in [0.5, 0.6) is 0 Å². The minimum Gasteiger partial charge on any atom is -0.369 e. The molecule has 0 aliphatic rings. The van der Waals surface area contributed by atoms with E-state index >= 15 is 0 Å². The standard InChI is InChI=1S/C14H15N3O5S2/c1-24(21,22)12-9-11(17(19)20)14(23-12)16-8-7-15-13(18)10-5-3-2-4-6-10/h2-6,9,16H,7-8H2,1H3,(H,15,18). The molecule has 0 aliphatic heterocycles. The number of hydrogen-bond acceptors (Lipinski definition) is 7. The third-order valence-corrected chi connectivity index (χ3v) is 5.87. The fourth-order valence-corrected chi connectivity index (χ4v) is 3.81. The number of benzene rings is 1. The smallest absolute Gasteiger partial charge is 0.304 e. The SMILES string of the molecule is CS(=O)(=O)c1cc([N+](=O)[O-])c(NCCNC(=O)c2ccccc2)s1. The molecule has 0 unspecified atom stereocenters. The number of carbonyl (C=O) groups is 1. The van der Waals surface area contributed by atoms with Crippen molar-refractivity contribution in [1.29, 1.82) is 0 Å². The van der Waals surface area contributed by atoms with E-state index < -0.39 is 14.8 Å². The normalized spacial score (nSPS) is 11.0. The van der Waals surface area contributed by atoms with Crippen LogP contribution in [0.15, 0.2) is 40.6 Å². The van der Waals surface area contributed by atoms with Crippen molar-refractivity contribution in [2.45, 2.75) is 4.21 Å². The van der Waals surface area contributed by atoms with Gasteiger partial charge >= 0.3 is 5.69 Å². The van der Waals surface area contributed by atoms with E-state index in [0.29, 0.717) is 5.56 Å². The highest BCUT2D eigenvalue weighted by molar-refractivity contribution is 7.92. The van der Waals surface area contributed by atoms with Crippen LogP contribution in [-0.2, 0) is 9.84 Å². The number of rotatable bonds is 7. The number of carbonyl (C=O) groups excluding carboxylic acids is 1. The number of anilines is 1. The van der Waals surface area contributed by atoms with E-state index in [2.05, 4.69) is 10.6 Å². The van der Waals surface area contributed by atoms with Gasteiger partial charge in [0.1, 0.15) is 4.21 Å². The lowest BCUT2D eigenvalue weighted by Crippen LogP contribution is -2.28. The molecule has 0 saturated heterocycles. The summed E-state index contributed by atoms with van der Waals surface area (Å²) < 4.78 is 22.9. The lowest BCUT2D eigenvalue weighted by atomic mass is 10.2. The second kappa shape index (κ2) is 7.41. The van der Waals surface area contributed by atoms with Crippen LogP contribution < -0.4 is 10.6 Å². The number of nitrogens with zero attached hydrogens (tertiary/aromatic N) is 1. The average molecular weight is 369 g/mol. The number of thiophene rings is 1. The number of amides is 1.